The van der Waals surface area contributed by atoms with Gasteiger partial charge in [0, 0.05) is 5.56 Å². The molecular weight excluding hydrogens is 294 g/mol. The number of benzene rings is 2. The smallest absolute Gasteiger partial charge is 0.261 e. The summed E-state index contributed by atoms with van der Waals surface area (Å²) in [4.78, 5) is 12.0. The summed E-state index contributed by atoms with van der Waals surface area (Å²) in [6, 6.07) is 14.9. The van der Waals surface area contributed by atoms with Crippen LogP contribution in [0.15, 0.2) is 53.6 Å². The second-order valence-corrected chi connectivity index (χ2v) is 4.77. The molecule has 1 N–H and O–H groups in total. The van der Waals surface area contributed by atoms with Crippen molar-refractivity contribution in [3.8, 4) is 5.75 Å². The average Bonchev–Trinajstić information content (AvgIpc) is 2.98. The number of hydrogen-bond acceptors (Lipinski definition) is 5. The van der Waals surface area contributed by atoms with Crippen LogP contribution < -0.4 is 10.2 Å². The van der Waals surface area contributed by atoms with Crippen LogP contribution in [0.4, 0.5) is 0 Å². The van der Waals surface area contributed by atoms with E-state index in [1.165, 1.54) is 10.9 Å². The van der Waals surface area contributed by atoms with Gasteiger partial charge < -0.3 is 4.74 Å². The Balaban J connectivity index is 1.65. The molecule has 1 aromatic heterocycles. The summed E-state index contributed by atoms with van der Waals surface area (Å²) in [5.41, 5.74) is 4.80. The number of methoxy groups -OCH3 is 1. The summed E-state index contributed by atoms with van der Waals surface area (Å²) in [7, 11) is 1.58. The molecule has 0 atom stereocenters. The second-order valence-electron chi connectivity index (χ2n) is 4.77. The molecule has 0 aliphatic carbocycles. The summed E-state index contributed by atoms with van der Waals surface area (Å²) in [6.45, 7) is 0.0454. The molecule has 116 valence electrons. The van der Waals surface area contributed by atoms with Gasteiger partial charge in [0.25, 0.3) is 5.91 Å². The van der Waals surface area contributed by atoms with E-state index in [2.05, 4.69) is 20.8 Å². The molecule has 7 nitrogen and oxygen atoms in total. The van der Waals surface area contributed by atoms with Crippen molar-refractivity contribution in [2.75, 3.05) is 7.11 Å². The van der Waals surface area contributed by atoms with Crippen molar-refractivity contribution in [1.29, 1.82) is 0 Å². The third-order valence-corrected chi connectivity index (χ3v) is 3.25. The molecule has 0 spiro atoms. The highest BCUT2D eigenvalue weighted by Gasteiger charge is 2.07. The highest BCUT2D eigenvalue weighted by molar-refractivity contribution is 5.85. The minimum atomic E-state index is -0.285. The molecule has 3 rings (SSSR count). The predicted molar refractivity (Wildman–Crippen MR) is 86.3 cm³/mol. The van der Waals surface area contributed by atoms with Crippen molar-refractivity contribution in [2.45, 2.75) is 6.54 Å². The summed E-state index contributed by atoms with van der Waals surface area (Å²) < 4.78 is 6.74. The molecule has 1 amide bonds. The van der Waals surface area contributed by atoms with Gasteiger partial charge >= 0.3 is 0 Å². The van der Waals surface area contributed by atoms with Gasteiger partial charge in [-0.1, -0.05) is 29.5 Å². The number of nitrogens with zero attached hydrogens (tertiary/aromatic N) is 4. The van der Waals surface area contributed by atoms with E-state index in [0.29, 0.717) is 5.75 Å². The van der Waals surface area contributed by atoms with Crippen LogP contribution in [0, 0.1) is 0 Å². The molecule has 0 saturated carbocycles. The maximum atomic E-state index is 12.0. The molecule has 0 aliphatic heterocycles. The molecule has 1 heterocycles. The normalized spacial score (nSPS) is 11.0. The van der Waals surface area contributed by atoms with E-state index in [-0.39, 0.29) is 12.5 Å². The number of aromatic nitrogens is 3. The molecule has 23 heavy (non-hydrogen) atoms. The Kier molecular flexibility index (Phi) is 4.28. The van der Waals surface area contributed by atoms with Crippen LogP contribution in [-0.4, -0.2) is 34.2 Å². The van der Waals surface area contributed by atoms with Crippen LogP contribution in [0.25, 0.3) is 11.0 Å². The third-order valence-electron chi connectivity index (χ3n) is 3.25. The van der Waals surface area contributed by atoms with Crippen molar-refractivity contribution in [2.24, 2.45) is 5.10 Å². The topological polar surface area (TPSA) is 81.4 Å². The van der Waals surface area contributed by atoms with E-state index in [0.717, 1.165) is 16.6 Å². The van der Waals surface area contributed by atoms with Gasteiger partial charge in [-0.3, -0.25) is 4.79 Å². The van der Waals surface area contributed by atoms with Crippen LogP contribution in [0.1, 0.15) is 5.56 Å². The minimum absolute atomic E-state index is 0.0454. The number of hydrogen-bond donors (Lipinski definition) is 1. The number of para-hydroxylation sites is 2. The molecular formula is C16H15N5O2. The standard InChI is InChI=1S/C16H15N5O2/c1-23-15-9-5-2-6-12(15)10-17-19-16(22)11-21-14-8-4-3-7-13(14)18-20-21/h2-10H,11H2,1H3,(H,19,22). The minimum Gasteiger partial charge on any atom is -0.496 e. The average molecular weight is 309 g/mol. The second kappa shape index (κ2) is 6.69. The molecule has 0 fully saturated rings. The zero-order valence-corrected chi connectivity index (χ0v) is 12.5. The van der Waals surface area contributed by atoms with Crippen molar-refractivity contribution >= 4 is 23.2 Å². The lowest BCUT2D eigenvalue weighted by Gasteiger charge is -2.03. The van der Waals surface area contributed by atoms with Gasteiger partial charge in [0.05, 0.1) is 18.8 Å². The molecule has 0 unspecified atom stereocenters. The molecule has 0 saturated heterocycles. The highest BCUT2D eigenvalue weighted by atomic mass is 16.5. The summed E-state index contributed by atoms with van der Waals surface area (Å²) in [5.74, 6) is 0.402. The number of carbonyl (C=O) groups is 1. The Labute approximate surface area is 132 Å². The van der Waals surface area contributed by atoms with Gasteiger partial charge in [-0.25, -0.2) is 10.1 Å². The van der Waals surface area contributed by atoms with Gasteiger partial charge in [-0.05, 0) is 24.3 Å². The van der Waals surface area contributed by atoms with Crippen molar-refractivity contribution in [3.63, 3.8) is 0 Å². The molecule has 2 aromatic carbocycles. The van der Waals surface area contributed by atoms with Crippen LogP contribution >= 0.6 is 0 Å². The Morgan fingerprint density at radius 3 is 2.91 bits per heavy atom. The first-order valence-electron chi connectivity index (χ1n) is 7.01. The van der Waals surface area contributed by atoms with Gasteiger partial charge in [0.15, 0.2) is 0 Å². The summed E-state index contributed by atoms with van der Waals surface area (Å²) in [6.07, 6.45) is 1.54. The predicted octanol–water partition coefficient (Wildman–Crippen LogP) is 1.59. The van der Waals surface area contributed by atoms with Crippen LogP contribution in [-0.2, 0) is 11.3 Å². The Morgan fingerprint density at radius 2 is 2.04 bits per heavy atom. The van der Waals surface area contributed by atoms with Gasteiger partial charge in [-0.15, -0.1) is 5.10 Å². The zero-order valence-electron chi connectivity index (χ0n) is 12.5. The van der Waals surface area contributed by atoms with Crippen molar-refractivity contribution < 1.29 is 9.53 Å². The van der Waals surface area contributed by atoms with Crippen LogP contribution in [0.2, 0.25) is 0 Å². The Hall–Kier alpha value is -3.22. The quantitative estimate of drug-likeness (QED) is 0.573. The molecule has 0 bridgehead atoms. The van der Waals surface area contributed by atoms with E-state index in [9.17, 15) is 4.79 Å². The number of rotatable bonds is 5. The first kappa shape index (κ1) is 14.7. The van der Waals surface area contributed by atoms with E-state index in [1.54, 1.807) is 7.11 Å². The lowest BCUT2D eigenvalue weighted by Crippen LogP contribution is -2.23. The number of fused-ring (bicyclic) bond motifs is 1. The number of amides is 1. The fraction of sp³-hybridized carbons (Fsp3) is 0.125. The van der Waals surface area contributed by atoms with E-state index in [4.69, 9.17) is 4.74 Å². The number of carbonyl (C=O) groups excluding carboxylic acids is 1. The lowest BCUT2D eigenvalue weighted by atomic mass is 10.2. The molecule has 7 heteroatoms. The van der Waals surface area contributed by atoms with E-state index in [1.807, 2.05) is 48.5 Å². The Morgan fingerprint density at radius 1 is 1.26 bits per heavy atom. The SMILES string of the molecule is COc1ccccc1C=NNC(=O)Cn1nnc2ccccc21. The van der Waals surface area contributed by atoms with Crippen LogP contribution in [0.5, 0.6) is 5.75 Å². The fourth-order valence-corrected chi connectivity index (χ4v) is 2.15. The molecule has 0 radical (unpaired) electrons. The van der Waals surface area contributed by atoms with E-state index >= 15 is 0 Å². The number of ether oxygens (including phenoxy) is 1. The number of nitrogens with one attached hydrogen (secondary N) is 1. The largest absolute Gasteiger partial charge is 0.496 e. The summed E-state index contributed by atoms with van der Waals surface area (Å²) in [5, 5.41) is 11.9. The first-order valence-corrected chi connectivity index (χ1v) is 7.01. The number of hydrazone groups is 1. The zero-order chi connectivity index (χ0) is 16.1. The summed E-state index contributed by atoms with van der Waals surface area (Å²) >= 11 is 0. The van der Waals surface area contributed by atoms with Crippen LogP contribution in [0.3, 0.4) is 0 Å². The molecule has 0 aliphatic rings. The third kappa shape index (κ3) is 3.34. The van der Waals surface area contributed by atoms with Gasteiger partial charge in [0.1, 0.15) is 17.8 Å². The van der Waals surface area contributed by atoms with Crippen molar-refractivity contribution in [1.82, 2.24) is 20.4 Å². The lowest BCUT2D eigenvalue weighted by molar-refractivity contribution is -0.121. The first-order chi connectivity index (χ1) is 11.3. The fourth-order valence-electron chi connectivity index (χ4n) is 2.15. The van der Waals surface area contributed by atoms with Gasteiger partial charge in [0.2, 0.25) is 0 Å². The van der Waals surface area contributed by atoms with Crippen molar-refractivity contribution in [3.05, 3.63) is 54.1 Å². The Bertz CT molecular complexity index is 856. The van der Waals surface area contributed by atoms with E-state index < -0.39 is 0 Å². The highest BCUT2D eigenvalue weighted by Crippen LogP contribution is 2.14. The maximum Gasteiger partial charge on any atom is 0.261 e. The molecule has 3 aromatic rings. The monoisotopic (exact) mass is 309 g/mol. The van der Waals surface area contributed by atoms with Gasteiger partial charge in [-0.2, -0.15) is 5.10 Å². The maximum absolute atomic E-state index is 12.0.